The number of hydrogen-bond donors (Lipinski definition) is 1. The van der Waals surface area contributed by atoms with Crippen LogP contribution >= 0.6 is 11.8 Å². The summed E-state index contributed by atoms with van der Waals surface area (Å²) in [6, 6.07) is 11.5. The van der Waals surface area contributed by atoms with Gasteiger partial charge in [-0.1, -0.05) is 23.9 Å². The summed E-state index contributed by atoms with van der Waals surface area (Å²) in [6.07, 6.45) is 2.92. The van der Waals surface area contributed by atoms with Gasteiger partial charge in [-0.05, 0) is 55.3 Å². The minimum atomic E-state index is -0.432. The number of aryl methyl sites for hydroxylation is 2. The van der Waals surface area contributed by atoms with Gasteiger partial charge in [0.1, 0.15) is 5.82 Å². The van der Waals surface area contributed by atoms with Crippen molar-refractivity contribution in [1.29, 1.82) is 0 Å². The Balaban J connectivity index is 1.72. The number of carbonyl (C=O) groups excluding carboxylic acids is 1. The molecule has 0 spiro atoms. The highest BCUT2D eigenvalue weighted by Gasteiger charge is 2.11. The smallest absolute Gasteiger partial charge is 0.287 e. The molecule has 0 saturated heterocycles. The lowest BCUT2D eigenvalue weighted by molar-refractivity contribution is -0.113. The Morgan fingerprint density at radius 2 is 1.93 bits per heavy atom. The second-order valence-corrected chi connectivity index (χ2v) is 7.06. The van der Waals surface area contributed by atoms with Crippen molar-refractivity contribution in [3.63, 3.8) is 0 Å². The van der Waals surface area contributed by atoms with Gasteiger partial charge in [0, 0.05) is 18.1 Å². The van der Waals surface area contributed by atoms with Crippen molar-refractivity contribution in [3.8, 4) is 5.69 Å². The Bertz CT molecular complexity index is 1030. The molecule has 7 heteroatoms. The van der Waals surface area contributed by atoms with Crippen LogP contribution in [0.1, 0.15) is 11.1 Å². The SMILES string of the molecule is Cc1cc(C)cc(NC(=O)CSc2nccn(-c3cccc(F)c3)c2=O)c1. The lowest BCUT2D eigenvalue weighted by Crippen LogP contribution is -2.22. The summed E-state index contributed by atoms with van der Waals surface area (Å²) in [7, 11) is 0. The summed E-state index contributed by atoms with van der Waals surface area (Å²) in [6.45, 7) is 3.92. The number of amides is 1. The van der Waals surface area contributed by atoms with Gasteiger partial charge < -0.3 is 5.32 Å². The largest absolute Gasteiger partial charge is 0.325 e. The molecular formula is C20H18FN3O2S. The first kappa shape index (κ1) is 18.8. The van der Waals surface area contributed by atoms with Gasteiger partial charge in [0.05, 0.1) is 11.4 Å². The number of halogens is 1. The molecule has 0 fully saturated rings. The van der Waals surface area contributed by atoms with Crippen LogP contribution < -0.4 is 10.9 Å². The van der Waals surface area contributed by atoms with Gasteiger partial charge in [-0.15, -0.1) is 0 Å². The molecule has 1 aromatic heterocycles. The van der Waals surface area contributed by atoms with Crippen LogP contribution in [-0.4, -0.2) is 21.2 Å². The number of nitrogens with one attached hydrogen (secondary N) is 1. The maximum absolute atomic E-state index is 13.4. The standard InChI is InChI=1S/C20H18FN3O2S/c1-13-8-14(2)10-16(9-13)23-18(25)12-27-19-20(26)24(7-6-22-19)17-5-3-4-15(21)11-17/h3-11H,12H2,1-2H3,(H,23,25). The molecule has 0 aliphatic rings. The maximum Gasteiger partial charge on any atom is 0.287 e. The average Bonchev–Trinajstić information content (AvgIpc) is 2.60. The van der Waals surface area contributed by atoms with Gasteiger partial charge in [-0.2, -0.15) is 0 Å². The van der Waals surface area contributed by atoms with Crippen LogP contribution in [0, 0.1) is 19.7 Å². The fourth-order valence-corrected chi connectivity index (χ4v) is 3.40. The van der Waals surface area contributed by atoms with E-state index in [1.54, 1.807) is 6.07 Å². The molecule has 5 nitrogen and oxygen atoms in total. The summed E-state index contributed by atoms with van der Waals surface area (Å²) in [5.74, 6) is -0.617. The molecule has 1 N–H and O–H groups in total. The van der Waals surface area contributed by atoms with Gasteiger partial charge in [0.25, 0.3) is 5.56 Å². The Morgan fingerprint density at radius 1 is 1.19 bits per heavy atom. The Labute approximate surface area is 160 Å². The third-order valence-corrected chi connectivity index (χ3v) is 4.70. The summed E-state index contributed by atoms with van der Waals surface area (Å²) in [4.78, 5) is 28.8. The van der Waals surface area contributed by atoms with E-state index in [0.29, 0.717) is 5.69 Å². The van der Waals surface area contributed by atoms with Crippen molar-refractivity contribution < 1.29 is 9.18 Å². The highest BCUT2D eigenvalue weighted by atomic mass is 32.2. The molecule has 0 aliphatic carbocycles. The van der Waals surface area contributed by atoms with Gasteiger partial charge in [0.2, 0.25) is 5.91 Å². The van der Waals surface area contributed by atoms with Gasteiger partial charge in [-0.3, -0.25) is 14.2 Å². The molecule has 0 bridgehead atoms. The molecular weight excluding hydrogens is 365 g/mol. The second-order valence-electron chi connectivity index (χ2n) is 6.10. The Morgan fingerprint density at radius 3 is 2.63 bits per heavy atom. The molecule has 0 saturated carbocycles. The van der Waals surface area contributed by atoms with E-state index in [2.05, 4.69) is 10.3 Å². The van der Waals surface area contributed by atoms with Crippen LogP contribution in [0.5, 0.6) is 0 Å². The second kappa shape index (κ2) is 8.18. The number of hydrogen-bond acceptors (Lipinski definition) is 4. The third kappa shape index (κ3) is 4.83. The number of nitrogens with zero attached hydrogens (tertiary/aromatic N) is 2. The highest BCUT2D eigenvalue weighted by molar-refractivity contribution is 7.99. The minimum Gasteiger partial charge on any atom is -0.325 e. The van der Waals surface area contributed by atoms with E-state index in [1.165, 1.54) is 35.2 Å². The zero-order valence-corrected chi connectivity index (χ0v) is 15.7. The molecule has 1 amide bonds. The first-order valence-corrected chi connectivity index (χ1v) is 9.25. The zero-order chi connectivity index (χ0) is 19.4. The summed E-state index contributed by atoms with van der Waals surface area (Å²) in [5.41, 5.74) is 2.84. The van der Waals surface area contributed by atoms with Crippen LogP contribution in [0.15, 0.2) is 64.7 Å². The molecule has 27 heavy (non-hydrogen) atoms. The van der Waals surface area contributed by atoms with E-state index in [-0.39, 0.29) is 16.7 Å². The van der Waals surface area contributed by atoms with Crippen LogP contribution in [0.2, 0.25) is 0 Å². The number of aromatic nitrogens is 2. The highest BCUT2D eigenvalue weighted by Crippen LogP contribution is 2.16. The Hall–Kier alpha value is -2.93. The van der Waals surface area contributed by atoms with E-state index >= 15 is 0 Å². The van der Waals surface area contributed by atoms with Crippen molar-refractivity contribution in [1.82, 2.24) is 9.55 Å². The van der Waals surface area contributed by atoms with Gasteiger partial charge in [0.15, 0.2) is 5.03 Å². The van der Waals surface area contributed by atoms with E-state index in [9.17, 15) is 14.0 Å². The predicted octanol–water partition coefficient (Wildman–Crippen LogP) is 3.72. The molecule has 1 heterocycles. The molecule has 0 radical (unpaired) electrons. The topological polar surface area (TPSA) is 64.0 Å². The molecule has 138 valence electrons. The predicted molar refractivity (Wildman–Crippen MR) is 105 cm³/mol. The van der Waals surface area contributed by atoms with E-state index in [4.69, 9.17) is 0 Å². The van der Waals surface area contributed by atoms with Crippen LogP contribution in [-0.2, 0) is 4.79 Å². The monoisotopic (exact) mass is 383 g/mol. The lowest BCUT2D eigenvalue weighted by Gasteiger charge is -2.09. The van der Waals surface area contributed by atoms with Crippen molar-refractivity contribution in [2.24, 2.45) is 0 Å². The number of thioether (sulfide) groups is 1. The summed E-state index contributed by atoms with van der Waals surface area (Å²) < 4.78 is 14.7. The quantitative estimate of drug-likeness (QED) is 0.682. The first-order chi connectivity index (χ1) is 12.9. The molecule has 2 aromatic carbocycles. The molecule has 3 rings (SSSR count). The third-order valence-electron chi connectivity index (χ3n) is 3.74. The summed E-state index contributed by atoms with van der Waals surface area (Å²) in [5, 5.41) is 3.00. The lowest BCUT2D eigenvalue weighted by atomic mass is 10.1. The van der Waals surface area contributed by atoms with Crippen LogP contribution in [0.4, 0.5) is 10.1 Å². The molecule has 0 unspecified atom stereocenters. The number of anilines is 1. The van der Waals surface area contributed by atoms with Gasteiger partial charge in [-0.25, -0.2) is 9.37 Å². The number of carbonyl (C=O) groups is 1. The normalized spacial score (nSPS) is 10.6. The first-order valence-electron chi connectivity index (χ1n) is 8.27. The van der Waals surface area contributed by atoms with E-state index in [1.807, 2.05) is 32.0 Å². The van der Waals surface area contributed by atoms with Crippen LogP contribution in [0.25, 0.3) is 5.69 Å². The molecule has 3 aromatic rings. The molecule has 0 atom stereocenters. The van der Waals surface area contributed by atoms with Crippen molar-refractivity contribution in [2.45, 2.75) is 18.9 Å². The van der Waals surface area contributed by atoms with Crippen molar-refractivity contribution >= 4 is 23.4 Å². The summed E-state index contributed by atoms with van der Waals surface area (Å²) >= 11 is 1.05. The van der Waals surface area contributed by atoms with Crippen molar-refractivity contribution in [3.05, 3.63) is 82.2 Å². The average molecular weight is 383 g/mol. The molecule has 0 aliphatic heterocycles. The van der Waals surface area contributed by atoms with E-state index in [0.717, 1.165) is 28.6 Å². The maximum atomic E-state index is 13.4. The fourth-order valence-electron chi connectivity index (χ4n) is 2.70. The minimum absolute atomic E-state index is 0.0440. The zero-order valence-electron chi connectivity index (χ0n) is 14.9. The fraction of sp³-hybridized carbons (Fsp3) is 0.150. The Kier molecular flexibility index (Phi) is 5.71. The van der Waals surface area contributed by atoms with Gasteiger partial charge >= 0.3 is 0 Å². The van der Waals surface area contributed by atoms with Crippen molar-refractivity contribution in [2.75, 3.05) is 11.1 Å². The number of benzene rings is 2. The number of rotatable bonds is 5. The van der Waals surface area contributed by atoms with E-state index < -0.39 is 11.4 Å². The van der Waals surface area contributed by atoms with Crippen LogP contribution in [0.3, 0.4) is 0 Å².